The average Bonchev–Trinajstić information content (AvgIpc) is 2.46. The summed E-state index contributed by atoms with van der Waals surface area (Å²) in [5, 5.41) is 3.63. The summed E-state index contributed by atoms with van der Waals surface area (Å²) in [5.74, 6) is 0. The van der Waals surface area contributed by atoms with Crippen LogP contribution in [-0.4, -0.2) is 6.26 Å². The summed E-state index contributed by atoms with van der Waals surface area (Å²) >= 11 is 1.78. The van der Waals surface area contributed by atoms with Crippen molar-refractivity contribution in [3.63, 3.8) is 0 Å². The molecule has 0 aliphatic carbocycles. The molecule has 0 aliphatic heterocycles. The molecule has 0 saturated carbocycles. The van der Waals surface area contributed by atoms with E-state index in [0.29, 0.717) is 6.04 Å². The van der Waals surface area contributed by atoms with Crippen LogP contribution in [0.1, 0.15) is 35.2 Å². The topological polar surface area (TPSA) is 12.0 Å². The number of benzene rings is 2. The van der Waals surface area contributed by atoms with Gasteiger partial charge in [0.05, 0.1) is 0 Å². The monoisotopic (exact) mass is 285 g/mol. The van der Waals surface area contributed by atoms with Gasteiger partial charge in [-0.1, -0.05) is 30.3 Å². The highest BCUT2D eigenvalue weighted by Gasteiger charge is 2.07. The summed E-state index contributed by atoms with van der Waals surface area (Å²) in [6, 6.07) is 15.7. The van der Waals surface area contributed by atoms with Gasteiger partial charge in [0.1, 0.15) is 0 Å². The summed E-state index contributed by atoms with van der Waals surface area (Å²) in [4.78, 5) is 1.32. The Balaban J connectivity index is 2.02. The first-order chi connectivity index (χ1) is 9.61. The summed E-state index contributed by atoms with van der Waals surface area (Å²) < 4.78 is 0. The first-order valence-corrected chi connectivity index (χ1v) is 8.26. The largest absolute Gasteiger partial charge is 0.306 e. The minimum atomic E-state index is 0.366. The molecule has 2 heteroatoms. The fraction of sp³-hybridized carbons (Fsp3) is 0.333. The van der Waals surface area contributed by atoms with Crippen LogP contribution in [0.2, 0.25) is 0 Å². The summed E-state index contributed by atoms with van der Waals surface area (Å²) in [6.07, 6.45) is 2.11. The predicted molar refractivity (Wildman–Crippen MR) is 89.4 cm³/mol. The molecule has 0 bridgehead atoms. The number of rotatable bonds is 5. The highest BCUT2D eigenvalue weighted by Crippen LogP contribution is 2.20. The van der Waals surface area contributed by atoms with Gasteiger partial charge in [0.2, 0.25) is 0 Å². The molecule has 0 amide bonds. The Morgan fingerprint density at radius 1 is 1.00 bits per heavy atom. The lowest BCUT2D eigenvalue weighted by Crippen LogP contribution is -2.19. The van der Waals surface area contributed by atoms with E-state index >= 15 is 0 Å². The molecule has 2 rings (SSSR count). The fourth-order valence-electron chi connectivity index (χ4n) is 2.39. The lowest BCUT2D eigenvalue weighted by molar-refractivity contribution is 0.572. The molecule has 20 heavy (non-hydrogen) atoms. The maximum atomic E-state index is 3.63. The Labute approximate surface area is 126 Å². The lowest BCUT2D eigenvalue weighted by atomic mass is 10.0. The second-order valence-corrected chi connectivity index (χ2v) is 6.13. The summed E-state index contributed by atoms with van der Waals surface area (Å²) in [6.45, 7) is 7.51. The molecule has 0 radical (unpaired) electrons. The van der Waals surface area contributed by atoms with Crippen LogP contribution in [0.4, 0.5) is 0 Å². The van der Waals surface area contributed by atoms with Gasteiger partial charge in [0.15, 0.2) is 0 Å². The predicted octanol–water partition coefficient (Wildman–Crippen LogP) is 4.88. The molecule has 1 nitrogen and oxygen atoms in total. The highest BCUT2D eigenvalue weighted by molar-refractivity contribution is 7.98. The molecule has 0 spiro atoms. The Morgan fingerprint density at radius 2 is 1.60 bits per heavy atom. The summed E-state index contributed by atoms with van der Waals surface area (Å²) in [7, 11) is 0. The third-order valence-corrected chi connectivity index (χ3v) is 4.59. The molecule has 0 aliphatic rings. The molecule has 1 atom stereocenters. The lowest BCUT2D eigenvalue weighted by Gasteiger charge is -2.17. The van der Waals surface area contributed by atoms with Gasteiger partial charge in [0.25, 0.3) is 0 Å². The zero-order valence-corrected chi connectivity index (χ0v) is 13.6. The van der Waals surface area contributed by atoms with Crippen LogP contribution < -0.4 is 5.32 Å². The Hall–Kier alpha value is -1.25. The van der Waals surface area contributed by atoms with Crippen LogP contribution in [0.25, 0.3) is 0 Å². The van der Waals surface area contributed by atoms with Crippen molar-refractivity contribution in [2.45, 2.75) is 38.3 Å². The second kappa shape index (κ2) is 6.96. The van der Waals surface area contributed by atoms with Crippen molar-refractivity contribution in [3.05, 3.63) is 64.7 Å². The Kier molecular flexibility index (Phi) is 5.27. The van der Waals surface area contributed by atoms with Gasteiger partial charge < -0.3 is 5.32 Å². The van der Waals surface area contributed by atoms with Gasteiger partial charge >= 0.3 is 0 Å². The minimum Gasteiger partial charge on any atom is -0.306 e. The van der Waals surface area contributed by atoms with Crippen molar-refractivity contribution in [2.24, 2.45) is 0 Å². The van der Waals surface area contributed by atoms with E-state index in [2.05, 4.69) is 74.8 Å². The van der Waals surface area contributed by atoms with Crippen molar-refractivity contribution < 1.29 is 0 Å². The van der Waals surface area contributed by atoms with Gasteiger partial charge in [-0.05, 0) is 61.4 Å². The van der Waals surface area contributed by atoms with Crippen LogP contribution >= 0.6 is 11.8 Å². The van der Waals surface area contributed by atoms with Crippen LogP contribution in [-0.2, 0) is 6.54 Å². The Morgan fingerprint density at radius 3 is 2.15 bits per heavy atom. The van der Waals surface area contributed by atoms with E-state index in [1.54, 1.807) is 11.8 Å². The maximum absolute atomic E-state index is 3.63. The average molecular weight is 285 g/mol. The zero-order valence-electron chi connectivity index (χ0n) is 12.7. The van der Waals surface area contributed by atoms with Gasteiger partial charge in [0, 0.05) is 17.5 Å². The number of hydrogen-bond acceptors (Lipinski definition) is 2. The first-order valence-electron chi connectivity index (χ1n) is 7.04. The molecule has 0 heterocycles. The van der Waals surface area contributed by atoms with E-state index in [0.717, 1.165) is 6.54 Å². The minimum absolute atomic E-state index is 0.366. The zero-order chi connectivity index (χ0) is 14.5. The van der Waals surface area contributed by atoms with Crippen molar-refractivity contribution in [1.29, 1.82) is 0 Å². The van der Waals surface area contributed by atoms with E-state index in [-0.39, 0.29) is 0 Å². The molecule has 1 unspecified atom stereocenters. The van der Waals surface area contributed by atoms with Crippen molar-refractivity contribution in [1.82, 2.24) is 5.32 Å². The molecule has 2 aromatic rings. The highest BCUT2D eigenvalue weighted by atomic mass is 32.2. The molecule has 0 fully saturated rings. The quantitative estimate of drug-likeness (QED) is 0.786. The first kappa shape index (κ1) is 15.1. The molecule has 0 saturated heterocycles. The second-order valence-electron chi connectivity index (χ2n) is 5.25. The maximum Gasteiger partial charge on any atom is 0.0294 e. The number of hydrogen-bond donors (Lipinski definition) is 1. The van der Waals surface area contributed by atoms with Gasteiger partial charge in [-0.2, -0.15) is 0 Å². The van der Waals surface area contributed by atoms with Crippen LogP contribution in [0.5, 0.6) is 0 Å². The number of nitrogens with one attached hydrogen (secondary N) is 1. The van der Waals surface area contributed by atoms with Crippen LogP contribution in [0.3, 0.4) is 0 Å². The van der Waals surface area contributed by atoms with Gasteiger partial charge in [-0.15, -0.1) is 11.8 Å². The van der Waals surface area contributed by atoms with Crippen molar-refractivity contribution in [2.75, 3.05) is 6.26 Å². The SMILES string of the molecule is CSc1ccc(C(C)NCc2c(C)cccc2C)cc1. The summed E-state index contributed by atoms with van der Waals surface area (Å²) in [5.41, 5.74) is 5.49. The number of aryl methyl sites for hydroxylation is 2. The van der Waals surface area contributed by atoms with E-state index in [1.807, 2.05) is 0 Å². The van der Waals surface area contributed by atoms with E-state index in [9.17, 15) is 0 Å². The normalized spacial score (nSPS) is 12.4. The smallest absolute Gasteiger partial charge is 0.0294 e. The van der Waals surface area contributed by atoms with E-state index < -0.39 is 0 Å². The van der Waals surface area contributed by atoms with Crippen LogP contribution in [0, 0.1) is 13.8 Å². The molecular weight excluding hydrogens is 262 g/mol. The molecule has 0 aromatic heterocycles. The van der Waals surface area contributed by atoms with E-state index in [1.165, 1.54) is 27.1 Å². The molecule has 2 aromatic carbocycles. The molecule has 106 valence electrons. The standard InChI is InChI=1S/C18H23NS/c1-13-6-5-7-14(2)18(13)12-19-15(3)16-8-10-17(20-4)11-9-16/h5-11,15,19H,12H2,1-4H3. The van der Waals surface area contributed by atoms with E-state index in [4.69, 9.17) is 0 Å². The molecule has 1 N–H and O–H groups in total. The van der Waals surface area contributed by atoms with Gasteiger partial charge in [-0.25, -0.2) is 0 Å². The van der Waals surface area contributed by atoms with Crippen LogP contribution in [0.15, 0.2) is 47.4 Å². The Bertz CT molecular complexity index is 540. The third kappa shape index (κ3) is 3.65. The van der Waals surface area contributed by atoms with Crippen molar-refractivity contribution in [3.8, 4) is 0 Å². The number of thioether (sulfide) groups is 1. The van der Waals surface area contributed by atoms with Crippen molar-refractivity contribution >= 4 is 11.8 Å². The third-order valence-electron chi connectivity index (χ3n) is 3.85. The molecular formula is C18H23NS. The van der Waals surface area contributed by atoms with Gasteiger partial charge in [-0.3, -0.25) is 0 Å². The fourth-order valence-corrected chi connectivity index (χ4v) is 2.80.